The number of hydrogen-bond donors (Lipinski definition) is 0. The number of hydrogen-bond acceptors (Lipinski definition) is 1. The fourth-order valence-electron chi connectivity index (χ4n) is 4.16. The molecule has 2 unspecified atom stereocenters. The van der Waals surface area contributed by atoms with Gasteiger partial charge in [0, 0.05) is 5.41 Å². The first-order valence-corrected chi connectivity index (χ1v) is 7.18. The van der Waals surface area contributed by atoms with Gasteiger partial charge in [-0.2, -0.15) is 0 Å². The second-order valence-electron chi connectivity index (χ2n) is 5.98. The molecule has 92 valence electrons. The van der Waals surface area contributed by atoms with E-state index in [1.807, 2.05) is 0 Å². The molecule has 3 aliphatic carbocycles. The van der Waals surface area contributed by atoms with Crippen LogP contribution in [0.1, 0.15) is 58.8 Å². The Morgan fingerprint density at radius 1 is 1.44 bits per heavy atom. The minimum atomic E-state index is -0.148. The van der Waals surface area contributed by atoms with Gasteiger partial charge in [-0.1, -0.05) is 26.7 Å². The molecular formula is C14H23ClO. The summed E-state index contributed by atoms with van der Waals surface area (Å²) in [6.07, 6.45) is 8.27. The van der Waals surface area contributed by atoms with Gasteiger partial charge in [0.15, 0.2) is 0 Å². The van der Waals surface area contributed by atoms with E-state index in [-0.39, 0.29) is 10.7 Å². The number of rotatable bonds is 4. The lowest BCUT2D eigenvalue weighted by atomic mass is 9.52. The van der Waals surface area contributed by atoms with Gasteiger partial charge in [-0.15, -0.1) is 0 Å². The maximum atomic E-state index is 11.9. The summed E-state index contributed by atoms with van der Waals surface area (Å²) < 4.78 is 0. The average molecular weight is 243 g/mol. The van der Waals surface area contributed by atoms with Crippen molar-refractivity contribution in [2.45, 2.75) is 58.8 Å². The maximum absolute atomic E-state index is 11.9. The zero-order valence-electron chi connectivity index (χ0n) is 10.5. The summed E-state index contributed by atoms with van der Waals surface area (Å²) in [6.45, 7) is 4.54. The van der Waals surface area contributed by atoms with Crippen LogP contribution in [0, 0.1) is 23.2 Å². The van der Waals surface area contributed by atoms with Gasteiger partial charge < -0.3 is 0 Å². The van der Waals surface area contributed by atoms with E-state index in [1.165, 1.54) is 32.1 Å². The molecule has 0 amide bonds. The molecule has 0 N–H and O–H groups in total. The monoisotopic (exact) mass is 242 g/mol. The van der Waals surface area contributed by atoms with E-state index >= 15 is 0 Å². The first kappa shape index (κ1) is 12.4. The van der Waals surface area contributed by atoms with E-state index in [0.717, 1.165) is 18.8 Å². The second-order valence-corrected chi connectivity index (χ2v) is 6.32. The lowest BCUT2D eigenvalue weighted by Crippen LogP contribution is -2.48. The fraction of sp³-hybridized carbons (Fsp3) is 0.929. The van der Waals surface area contributed by atoms with Crippen LogP contribution >= 0.6 is 11.6 Å². The van der Waals surface area contributed by atoms with Crippen molar-refractivity contribution in [2.75, 3.05) is 0 Å². The normalized spacial score (nSPS) is 39.7. The molecule has 0 aromatic carbocycles. The van der Waals surface area contributed by atoms with E-state index in [0.29, 0.717) is 11.8 Å². The van der Waals surface area contributed by atoms with Crippen molar-refractivity contribution in [1.29, 1.82) is 0 Å². The first-order valence-electron chi connectivity index (χ1n) is 6.80. The van der Waals surface area contributed by atoms with Crippen molar-refractivity contribution < 1.29 is 4.79 Å². The quantitative estimate of drug-likeness (QED) is 0.669. The summed E-state index contributed by atoms with van der Waals surface area (Å²) in [5.41, 5.74) is -0.148. The van der Waals surface area contributed by atoms with Crippen LogP contribution in [0.25, 0.3) is 0 Å². The minimum Gasteiger partial charge on any atom is -0.281 e. The van der Waals surface area contributed by atoms with Crippen molar-refractivity contribution in [3.05, 3.63) is 0 Å². The zero-order chi connectivity index (χ0) is 11.8. The highest BCUT2D eigenvalue weighted by molar-refractivity contribution is 6.64. The van der Waals surface area contributed by atoms with Gasteiger partial charge >= 0.3 is 0 Å². The molecule has 0 heterocycles. The van der Waals surface area contributed by atoms with Crippen LogP contribution in [0.3, 0.4) is 0 Å². The third-order valence-corrected chi connectivity index (χ3v) is 5.49. The molecule has 0 spiro atoms. The molecule has 2 atom stereocenters. The largest absolute Gasteiger partial charge is 0.281 e. The number of halogens is 1. The van der Waals surface area contributed by atoms with E-state index in [4.69, 9.17) is 11.6 Å². The molecule has 2 heteroatoms. The molecule has 3 aliphatic rings. The molecule has 3 rings (SSSR count). The molecule has 0 radical (unpaired) electrons. The van der Waals surface area contributed by atoms with Crippen molar-refractivity contribution in [1.82, 2.24) is 0 Å². The highest BCUT2D eigenvalue weighted by Crippen LogP contribution is 2.57. The summed E-state index contributed by atoms with van der Waals surface area (Å²) in [5, 5.41) is -0.0430. The zero-order valence-corrected chi connectivity index (χ0v) is 11.2. The molecule has 0 aromatic heterocycles. The second kappa shape index (κ2) is 4.68. The lowest BCUT2D eigenvalue weighted by molar-refractivity contribution is -0.134. The first-order chi connectivity index (χ1) is 7.60. The lowest BCUT2D eigenvalue weighted by Gasteiger charge is -2.52. The molecule has 16 heavy (non-hydrogen) atoms. The van der Waals surface area contributed by atoms with Gasteiger partial charge in [0.25, 0.3) is 0 Å². The third kappa shape index (κ3) is 1.92. The van der Waals surface area contributed by atoms with Crippen LogP contribution in [0.4, 0.5) is 0 Å². The molecule has 0 saturated heterocycles. The van der Waals surface area contributed by atoms with Gasteiger partial charge in [0.1, 0.15) is 0 Å². The topological polar surface area (TPSA) is 17.1 Å². The van der Waals surface area contributed by atoms with E-state index < -0.39 is 0 Å². The predicted molar refractivity (Wildman–Crippen MR) is 67.4 cm³/mol. The van der Waals surface area contributed by atoms with Gasteiger partial charge in [0.2, 0.25) is 5.24 Å². The summed E-state index contributed by atoms with van der Waals surface area (Å²) in [4.78, 5) is 11.9. The Morgan fingerprint density at radius 3 is 2.56 bits per heavy atom. The van der Waals surface area contributed by atoms with Crippen molar-refractivity contribution in [3.63, 3.8) is 0 Å². The summed E-state index contributed by atoms with van der Waals surface area (Å²) in [6, 6.07) is 0. The summed E-state index contributed by atoms with van der Waals surface area (Å²) >= 11 is 5.94. The molecule has 0 aliphatic heterocycles. The number of fused-ring (bicyclic) bond motifs is 3. The van der Waals surface area contributed by atoms with Crippen LogP contribution in [0.2, 0.25) is 0 Å². The van der Waals surface area contributed by atoms with Crippen LogP contribution in [0.5, 0.6) is 0 Å². The van der Waals surface area contributed by atoms with Crippen LogP contribution in [-0.2, 0) is 4.79 Å². The highest BCUT2D eigenvalue weighted by atomic mass is 35.5. The molecule has 2 bridgehead atoms. The molecule has 0 aromatic rings. The fourth-order valence-corrected chi connectivity index (χ4v) is 4.49. The Hall–Kier alpha value is -0.0400. The van der Waals surface area contributed by atoms with E-state index in [9.17, 15) is 4.79 Å². The Labute approximate surface area is 104 Å². The SMILES string of the molecule is CCCC(C)C1CC2CCC1(C(=O)Cl)CC2. The summed E-state index contributed by atoms with van der Waals surface area (Å²) in [7, 11) is 0. The van der Waals surface area contributed by atoms with E-state index in [1.54, 1.807) is 0 Å². The standard InChI is InChI=1S/C14H23ClO/c1-3-4-10(2)12-9-11-5-7-14(12,8-6-11)13(15)16/h10-12H,3-9H2,1-2H3. The minimum absolute atomic E-state index is 0.0430. The number of carbonyl (C=O) groups is 1. The average Bonchev–Trinajstić information content (AvgIpc) is 2.30. The Balaban J connectivity index is 2.19. The number of carbonyl (C=O) groups excluding carboxylic acids is 1. The van der Waals surface area contributed by atoms with Crippen molar-refractivity contribution in [2.24, 2.45) is 23.2 Å². The Bertz CT molecular complexity index is 266. The molecule has 3 fully saturated rings. The molecular weight excluding hydrogens is 220 g/mol. The predicted octanol–water partition coefficient (Wildman–Crippen LogP) is 4.38. The summed E-state index contributed by atoms with van der Waals surface area (Å²) in [5.74, 6) is 2.10. The van der Waals surface area contributed by atoms with Crippen molar-refractivity contribution >= 4 is 16.8 Å². The van der Waals surface area contributed by atoms with Crippen molar-refractivity contribution in [3.8, 4) is 0 Å². The van der Waals surface area contributed by atoms with Gasteiger partial charge in [0.05, 0.1) is 0 Å². The molecule has 1 nitrogen and oxygen atoms in total. The Morgan fingerprint density at radius 2 is 2.06 bits per heavy atom. The third-order valence-electron chi connectivity index (χ3n) is 5.12. The van der Waals surface area contributed by atoms with Crippen LogP contribution in [0.15, 0.2) is 0 Å². The smallest absolute Gasteiger partial charge is 0.228 e. The van der Waals surface area contributed by atoms with Gasteiger partial charge in [-0.05, 0) is 61.5 Å². The maximum Gasteiger partial charge on any atom is 0.228 e. The van der Waals surface area contributed by atoms with E-state index in [2.05, 4.69) is 13.8 Å². The van der Waals surface area contributed by atoms with Gasteiger partial charge in [-0.25, -0.2) is 0 Å². The molecule has 3 saturated carbocycles. The van der Waals surface area contributed by atoms with Crippen LogP contribution in [-0.4, -0.2) is 5.24 Å². The highest BCUT2D eigenvalue weighted by Gasteiger charge is 2.52. The Kier molecular flexibility index (Phi) is 3.63. The van der Waals surface area contributed by atoms with Gasteiger partial charge in [-0.3, -0.25) is 4.79 Å². The van der Waals surface area contributed by atoms with Crippen LogP contribution < -0.4 is 0 Å².